The molecule has 48 heavy (non-hydrogen) atoms. The molecule has 1 N–H and O–H groups in total. The van der Waals surface area contributed by atoms with Crippen LogP contribution in [0.1, 0.15) is 50.6 Å². The molecule has 0 bridgehead atoms. The SMILES string of the molecule is C=CCOc1cc(-n2nc3c(c2N2C=CN(c4c(O)cc5c(cnn5C)c4F)C2=C=O)[C@H](C)N(C(=O)OC(C)(C)C)CC3)cc(C)c1F. The summed E-state index contributed by atoms with van der Waals surface area (Å²) >= 11 is 0. The Kier molecular flexibility index (Phi) is 8.00. The molecule has 0 unspecified atom stereocenters. The third-order valence-electron chi connectivity index (χ3n) is 8.21. The van der Waals surface area contributed by atoms with E-state index >= 15 is 8.78 Å². The first-order chi connectivity index (χ1) is 22.7. The van der Waals surface area contributed by atoms with Crippen molar-refractivity contribution in [1.82, 2.24) is 24.5 Å². The second-order valence-electron chi connectivity index (χ2n) is 12.6. The van der Waals surface area contributed by atoms with Crippen LogP contribution in [-0.4, -0.2) is 60.4 Å². The summed E-state index contributed by atoms with van der Waals surface area (Å²) < 4.78 is 45.4. The molecule has 0 radical (unpaired) electrons. The summed E-state index contributed by atoms with van der Waals surface area (Å²) in [6.07, 6.45) is 5.56. The normalized spacial score (nSPS) is 16.0. The third kappa shape index (κ3) is 5.33. The number of amides is 1. The molecular weight excluding hydrogens is 624 g/mol. The number of aromatic hydroxyl groups is 1. The van der Waals surface area contributed by atoms with Crippen LogP contribution in [0.25, 0.3) is 16.6 Å². The lowest BCUT2D eigenvalue weighted by atomic mass is 9.99. The van der Waals surface area contributed by atoms with Gasteiger partial charge in [-0.15, -0.1) is 0 Å². The van der Waals surface area contributed by atoms with Gasteiger partial charge in [0, 0.05) is 50.1 Å². The highest BCUT2D eigenvalue weighted by atomic mass is 19.1. The molecule has 1 amide bonds. The van der Waals surface area contributed by atoms with Gasteiger partial charge in [0.2, 0.25) is 5.82 Å². The number of aryl methyl sites for hydroxylation is 2. The number of rotatable bonds is 6. The number of phenols is 1. The van der Waals surface area contributed by atoms with Gasteiger partial charge in [0.05, 0.1) is 34.5 Å². The number of phenolic OH excluding ortho intramolecular Hbond substituents is 1. The van der Waals surface area contributed by atoms with Crippen molar-refractivity contribution in [2.45, 2.75) is 52.7 Å². The number of fused-ring (bicyclic) bond motifs is 2. The van der Waals surface area contributed by atoms with Crippen LogP contribution >= 0.6 is 0 Å². The van der Waals surface area contributed by atoms with Gasteiger partial charge in [0.15, 0.2) is 23.3 Å². The summed E-state index contributed by atoms with van der Waals surface area (Å²) in [6.45, 7) is 12.7. The van der Waals surface area contributed by atoms with Crippen LogP contribution in [0.15, 0.2) is 55.3 Å². The van der Waals surface area contributed by atoms with Gasteiger partial charge in [0.1, 0.15) is 29.5 Å². The molecule has 2 aromatic heterocycles. The van der Waals surface area contributed by atoms with Gasteiger partial charge in [-0.25, -0.2) is 23.1 Å². The quantitative estimate of drug-likeness (QED) is 0.198. The van der Waals surface area contributed by atoms with Crippen LogP contribution in [0, 0.1) is 18.6 Å². The van der Waals surface area contributed by atoms with E-state index < -0.39 is 35.1 Å². The lowest BCUT2D eigenvalue weighted by molar-refractivity contribution is 0.0160. The number of aromatic nitrogens is 4. The predicted molar refractivity (Wildman–Crippen MR) is 175 cm³/mol. The molecule has 2 aromatic carbocycles. The summed E-state index contributed by atoms with van der Waals surface area (Å²) in [5, 5.41) is 20.1. The highest BCUT2D eigenvalue weighted by Gasteiger charge is 2.40. The maximum atomic E-state index is 16.0. The lowest BCUT2D eigenvalue weighted by Gasteiger charge is -2.35. The van der Waals surface area contributed by atoms with Crippen molar-refractivity contribution < 1.29 is 33.0 Å². The molecular formula is C34H35F2N7O5. The number of benzene rings is 2. The highest BCUT2D eigenvalue weighted by Crippen LogP contribution is 2.45. The Morgan fingerprint density at radius 1 is 1.19 bits per heavy atom. The molecule has 0 aliphatic carbocycles. The molecule has 4 heterocycles. The molecule has 12 nitrogen and oxygen atoms in total. The van der Waals surface area contributed by atoms with E-state index in [9.17, 15) is 14.7 Å². The van der Waals surface area contributed by atoms with E-state index in [0.717, 1.165) is 0 Å². The zero-order valence-electron chi connectivity index (χ0n) is 27.4. The monoisotopic (exact) mass is 659 g/mol. The molecule has 1 atom stereocenters. The van der Waals surface area contributed by atoms with Gasteiger partial charge < -0.3 is 19.5 Å². The summed E-state index contributed by atoms with van der Waals surface area (Å²) in [5.74, 6) is 0.202. The van der Waals surface area contributed by atoms with E-state index in [1.807, 2.05) is 12.9 Å². The average molecular weight is 660 g/mol. The van der Waals surface area contributed by atoms with Gasteiger partial charge in [-0.2, -0.15) is 10.2 Å². The summed E-state index contributed by atoms with van der Waals surface area (Å²) in [4.78, 5) is 30.3. The molecule has 0 saturated carbocycles. The molecule has 14 heteroatoms. The number of nitrogens with zero attached hydrogens (tertiary/aromatic N) is 7. The zero-order valence-corrected chi connectivity index (χ0v) is 27.4. The average Bonchev–Trinajstić information content (AvgIpc) is 3.72. The second-order valence-corrected chi connectivity index (χ2v) is 12.6. The second kappa shape index (κ2) is 11.9. The van der Waals surface area contributed by atoms with Crippen molar-refractivity contribution in [3.05, 3.63) is 83.7 Å². The standard InChI is InChI=1S/C34H35F2N7O5/c1-8-13-47-26-15-21(14-19(2)29(26)35)43-32(28-20(3)40(10-9-23(28)38-43)33(46)48-34(4,5)6)42-12-11-41(27(42)18-44)31-25(45)16-24-22(30(31)36)17-37-39(24)7/h8,11-12,14-17,20,45H,1,9-10,13H2,2-7H3/t20-/m0/s1. The molecule has 0 fully saturated rings. The number of halogens is 2. The minimum Gasteiger partial charge on any atom is -0.506 e. The van der Waals surface area contributed by atoms with Gasteiger partial charge in [-0.3, -0.25) is 14.5 Å². The van der Waals surface area contributed by atoms with E-state index in [1.54, 1.807) is 45.7 Å². The van der Waals surface area contributed by atoms with E-state index in [1.165, 1.54) is 56.0 Å². The predicted octanol–water partition coefficient (Wildman–Crippen LogP) is 5.94. The summed E-state index contributed by atoms with van der Waals surface area (Å²) in [5.41, 5.74) is 1.20. The zero-order chi connectivity index (χ0) is 34.7. The number of carbonyl (C=O) groups excluding carboxylic acids is 2. The Balaban J connectivity index is 1.53. The Labute approximate surface area is 275 Å². The van der Waals surface area contributed by atoms with Gasteiger partial charge >= 0.3 is 6.09 Å². The maximum Gasteiger partial charge on any atom is 0.410 e. The number of carbonyl (C=O) groups is 1. The lowest BCUT2D eigenvalue weighted by Crippen LogP contribution is -2.42. The van der Waals surface area contributed by atoms with Crippen LogP contribution in [0.3, 0.4) is 0 Å². The largest absolute Gasteiger partial charge is 0.506 e. The van der Waals surface area contributed by atoms with Crippen LogP contribution in [0.2, 0.25) is 0 Å². The van der Waals surface area contributed by atoms with Crippen LogP contribution in [-0.2, 0) is 23.0 Å². The van der Waals surface area contributed by atoms with Crippen molar-refractivity contribution in [3.63, 3.8) is 0 Å². The molecule has 0 saturated heterocycles. The van der Waals surface area contributed by atoms with Gasteiger partial charge in [-0.05, 0) is 46.2 Å². The Bertz CT molecular complexity index is 2050. The number of ether oxygens (including phenoxy) is 2. The Morgan fingerprint density at radius 3 is 2.60 bits per heavy atom. The summed E-state index contributed by atoms with van der Waals surface area (Å²) in [7, 11) is 1.62. The smallest absolute Gasteiger partial charge is 0.410 e. The molecule has 2 aliphatic heterocycles. The van der Waals surface area contributed by atoms with Crippen LogP contribution in [0.5, 0.6) is 11.5 Å². The van der Waals surface area contributed by atoms with Crippen molar-refractivity contribution in [2.24, 2.45) is 7.05 Å². The topological polar surface area (TPSA) is 118 Å². The van der Waals surface area contributed by atoms with Crippen molar-refractivity contribution in [1.29, 1.82) is 0 Å². The minimum absolute atomic E-state index is 0.0331. The van der Waals surface area contributed by atoms with Gasteiger partial charge in [-0.1, -0.05) is 12.7 Å². The van der Waals surface area contributed by atoms with E-state index in [2.05, 4.69) is 11.7 Å². The highest BCUT2D eigenvalue weighted by molar-refractivity contribution is 5.90. The van der Waals surface area contributed by atoms with E-state index in [-0.39, 0.29) is 34.8 Å². The third-order valence-corrected chi connectivity index (χ3v) is 8.21. The first-order valence-corrected chi connectivity index (χ1v) is 15.3. The molecule has 6 rings (SSSR count). The first kappa shape index (κ1) is 32.3. The van der Waals surface area contributed by atoms with Crippen molar-refractivity contribution in [2.75, 3.05) is 23.0 Å². The first-order valence-electron chi connectivity index (χ1n) is 15.3. The molecule has 0 spiro atoms. The van der Waals surface area contributed by atoms with Gasteiger partial charge in [0.25, 0.3) is 0 Å². The maximum absolute atomic E-state index is 16.0. The fourth-order valence-corrected chi connectivity index (χ4v) is 6.02. The number of hydrogen-bond acceptors (Lipinski definition) is 9. The Hall–Kier alpha value is -5.62. The van der Waals surface area contributed by atoms with E-state index in [0.29, 0.717) is 41.2 Å². The molecule has 250 valence electrons. The fourth-order valence-electron chi connectivity index (χ4n) is 6.02. The molecule has 4 aromatic rings. The molecule has 2 aliphatic rings. The van der Waals surface area contributed by atoms with E-state index in [4.69, 9.17) is 14.6 Å². The summed E-state index contributed by atoms with van der Waals surface area (Å²) in [6, 6.07) is 3.82. The van der Waals surface area contributed by atoms with Crippen molar-refractivity contribution in [3.8, 4) is 17.2 Å². The fraction of sp³-hybridized carbons (Fsp3) is 0.324. The van der Waals surface area contributed by atoms with Crippen LogP contribution in [0.4, 0.5) is 25.1 Å². The minimum atomic E-state index is -0.796. The number of hydrogen-bond donors (Lipinski definition) is 1. The van der Waals surface area contributed by atoms with Crippen molar-refractivity contribution >= 4 is 34.4 Å². The number of anilines is 2. The van der Waals surface area contributed by atoms with Crippen LogP contribution < -0.4 is 14.5 Å². The Morgan fingerprint density at radius 2 is 1.92 bits per heavy atom.